The Bertz CT molecular complexity index is 4070. The van der Waals surface area contributed by atoms with Gasteiger partial charge in [0, 0.05) is 70.1 Å². The van der Waals surface area contributed by atoms with Crippen molar-refractivity contribution in [3.8, 4) is 0 Å². The second-order valence-electron chi connectivity index (χ2n) is 30.2. The highest BCUT2D eigenvalue weighted by molar-refractivity contribution is 7.59. The first-order valence-electron chi connectivity index (χ1n) is 39.5. The van der Waals surface area contributed by atoms with E-state index in [0.29, 0.717) is 85.1 Å². The molecule has 4 amide bonds. The summed E-state index contributed by atoms with van der Waals surface area (Å²) >= 11 is 0. The zero-order valence-electron chi connectivity index (χ0n) is 71.1. The third-order valence-corrected chi connectivity index (χ3v) is 20.2. The second-order valence-corrected chi connectivity index (χ2v) is 34.2. The number of nitrogens with one attached hydrogen (secondary N) is 4. The van der Waals surface area contributed by atoms with Crippen LogP contribution in [0, 0.1) is 37.5 Å². The third kappa shape index (κ3) is 43.1. The molecule has 648 valence electrons. The van der Waals surface area contributed by atoms with Crippen molar-refractivity contribution in [3.05, 3.63) is 179 Å². The van der Waals surface area contributed by atoms with Gasteiger partial charge in [-0.05, 0) is 173 Å². The largest absolute Gasteiger partial charge is 0.479 e. The number of rotatable bonds is 46. The molecule has 6 aromatic rings. The minimum Gasteiger partial charge on any atom is -0.479 e. The quantitative estimate of drug-likeness (QED) is 0.00894. The number of amides is 4. The van der Waals surface area contributed by atoms with Gasteiger partial charge in [-0.25, -0.2) is 14.4 Å². The molecule has 0 saturated heterocycles. The van der Waals surface area contributed by atoms with Gasteiger partial charge in [0.25, 0.3) is 0 Å². The van der Waals surface area contributed by atoms with Gasteiger partial charge in [-0.2, -0.15) is 27.0 Å². The van der Waals surface area contributed by atoms with E-state index in [2.05, 4.69) is 86.5 Å². The lowest BCUT2D eigenvalue weighted by atomic mass is 9.92. The van der Waals surface area contributed by atoms with Crippen LogP contribution < -0.4 is 36.8 Å². The number of nitrogens with zero attached hydrogens (tertiary/aromatic N) is 2. The van der Waals surface area contributed by atoms with Gasteiger partial charge in [-0.3, -0.25) is 42.2 Å². The van der Waals surface area contributed by atoms with Crippen LogP contribution >= 0.6 is 42.2 Å². The van der Waals surface area contributed by atoms with Gasteiger partial charge >= 0.3 is 57.1 Å². The number of Topliss-reactive ketones (excluding diaryl/α,β-unsaturated/α-hetero) is 1. The zero-order chi connectivity index (χ0) is 85.2. The van der Waals surface area contributed by atoms with E-state index < -0.39 is 70.8 Å². The maximum absolute atomic E-state index is 13.2. The van der Waals surface area contributed by atoms with Crippen LogP contribution in [0.5, 0.6) is 0 Å². The lowest BCUT2D eigenvalue weighted by Gasteiger charge is -2.31. The Morgan fingerprint density at radius 3 is 1.13 bits per heavy atom. The first-order valence-corrected chi connectivity index (χ1v) is 43.5. The Morgan fingerprint density at radius 1 is 0.444 bits per heavy atom. The summed E-state index contributed by atoms with van der Waals surface area (Å²) < 4.78 is 65.9. The molecule has 0 aliphatic carbocycles. The number of aryl methyl sites for hydroxylation is 2. The number of urea groups is 2. The van der Waals surface area contributed by atoms with E-state index in [0.717, 1.165) is 70.9 Å². The summed E-state index contributed by atoms with van der Waals surface area (Å²) in [6.45, 7) is 33.7. The Hall–Kier alpha value is -8.56. The fourth-order valence-electron chi connectivity index (χ4n) is 11.8. The van der Waals surface area contributed by atoms with Gasteiger partial charge in [-0.15, -0.1) is 0 Å². The van der Waals surface area contributed by atoms with Crippen LogP contribution in [-0.4, -0.2) is 125 Å². The molecule has 7 N–H and O–H groups in total. The predicted molar refractivity (Wildman–Crippen MR) is 474 cm³/mol. The number of hydrogen-bond acceptors (Lipinski definition) is 21. The van der Waals surface area contributed by atoms with Crippen molar-refractivity contribution in [1.82, 2.24) is 0 Å². The highest BCUT2D eigenvalue weighted by Crippen LogP contribution is 2.47. The van der Waals surface area contributed by atoms with Crippen molar-refractivity contribution in [1.29, 1.82) is 0 Å². The van der Waals surface area contributed by atoms with Crippen molar-refractivity contribution < 1.29 is 89.6 Å². The minimum atomic E-state index is -3.46. The van der Waals surface area contributed by atoms with Crippen molar-refractivity contribution in [2.45, 2.75) is 198 Å². The molecule has 0 aromatic heterocycles. The molecule has 30 heteroatoms. The normalized spacial score (nSPS) is 13.0. The van der Waals surface area contributed by atoms with Gasteiger partial charge in [0.05, 0.1) is 48.8 Å². The summed E-state index contributed by atoms with van der Waals surface area (Å²) in [5.41, 5.74) is 15.6. The molecule has 0 heterocycles. The van der Waals surface area contributed by atoms with Crippen LogP contribution in [0.15, 0.2) is 146 Å². The fourth-order valence-corrected chi connectivity index (χ4v) is 14.0. The lowest BCUT2D eigenvalue weighted by molar-refractivity contribution is -0.169. The number of carbonyl (C=O) groups excluding carboxylic acids is 7. The van der Waals surface area contributed by atoms with Crippen molar-refractivity contribution >= 4 is 124 Å². The number of unbranched alkanes of at least 4 members (excludes halogenated alkanes) is 1. The summed E-state index contributed by atoms with van der Waals surface area (Å²) in [5.74, 6) is -2.14. The molecule has 0 fully saturated rings. The molecule has 0 aliphatic heterocycles. The number of ether oxygens (including phenoxy) is 4. The molecular formula is C87H129N7O19P2S2. The highest BCUT2D eigenvalue weighted by atomic mass is 32.1. The van der Waals surface area contributed by atoms with Crippen LogP contribution in [0.25, 0.3) is 0 Å². The number of carboxylic acid groups (broad SMARTS) is 1. The molecule has 26 nitrogen and oxygen atoms in total. The SMILES string of the molecule is CC[C@@H](CC(=O)OCOC(=O)CCCCC(=O)[C@H](C)OP(C)(=O)OCc1ccccc1)c1ccc(N(CC(C)C)CC(C)C)c(NC(=O)Nc2ccc(C)cc2)c1.CC[C@@H](CC(=O)OCOC(=O)CCCN)c1ccc(N(CC(C)C)CC(C)C)c(NC(=O)Nc2ccc(C)cc2)c1.C[C@H](OP(C)(=O)OCc1ccccc1)C(=O)O.S.S. The summed E-state index contributed by atoms with van der Waals surface area (Å²) in [7, 11) is -6.81. The predicted octanol–water partition coefficient (Wildman–Crippen LogP) is 19.4. The first-order chi connectivity index (χ1) is 54.5. The molecule has 0 bridgehead atoms. The average molecular weight is 1700 g/mol. The summed E-state index contributed by atoms with van der Waals surface area (Å²) in [6.07, 6.45) is 1.05. The monoisotopic (exact) mass is 1700 g/mol. The van der Waals surface area contributed by atoms with E-state index in [1.54, 1.807) is 0 Å². The highest BCUT2D eigenvalue weighted by Gasteiger charge is 2.29. The van der Waals surface area contributed by atoms with Crippen molar-refractivity contribution in [3.63, 3.8) is 0 Å². The molecule has 6 rings (SSSR count). The van der Waals surface area contributed by atoms with E-state index in [9.17, 15) is 47.5 Å². The maximum atomic E-state index is 13.2. The van der Waals surface area contributed by atoms with Crippen LogP contribution in [-0.2, 0) is 88.2 Å². The molecule has 0 radical (unpaired) electrons. The van der Waals surface area contributed by atoms with E-state index in [-0.39, 0.29) is 102 Å². The number of aliphatic carboxylic acids is 1. The van der Waals surface area contributed by atoms with E-state index in [1.165, 1.54) is 27.2 Å². The first kappa shape index (κ1) is 105. The number of nitrogens with two attached hydrogens (primary N) is 1. The number of ketones is 1. The molecule has 2 unspecified atom stereocenters. The van der Waals surface area contributed by atoms with Crippen molar-refractivity contribution in [2.24, 2.45) is 29.4 Å². The van der Waals surface area contributed by atoms with E-state index in [1.807, 2.05) is 173 Å². The van der Waals surface area contributed by atoms with Gasteiger partial charge < -0.3 is 69.9 Å². The molecular weight excluding hydrogens is 1570 g/mol. The molecule has 0 spiro atoms. The van der Waals surface area contributed by atoms with E-state index >= 15 is 0 Å². The second kappa shape index (κ2) is 55.2. The Kier molecular flexibility index (Phi) is 49.3. The van der Waals surface area contributed by atoms with E-state index in [4.69, 9.17) is 47.9 Å². The Morgan fingerprint density at radius 2 is 0.786 bits per heavy atom. The average Bonchev–Trinajstić information content (AvgIpc) is 0.825. The number of esters is 4. The standard InChI is InChI=1S/C44H62N3O9P.C32H48N4O5.C11H15O5P.2H2S/c1-9-36(37-21-24-40(47(27-31(2)3)28-32(4)5)39(25-37)46-44(51)45-38-22-19-33(6)20-23-38)26-43(50)54-30-53-42(49)18-14-13-17-41(48)34(7)56-57(8,52)55-29-35-15-11-10-12-16-35;1-7-25(18-31(38)41-21-40-30(37)9-8-16-33)26-12-15-29(36(19-22(2)3)20-23(4)5)28(17-26)35-32(39)34-27-13-10-24(6)11-14-27;1-9(11(12)13)16-17(2,14)15-8-10-6-4-3-5-7-10;;/h10-12,15-16,19-25,31-32,34,36H,9,13-14,17-18,26-30H2,1-8H3,(H2,45,46,51);10-15,17,22-23,25H,7-9,16,18-21,33H2,1-6H3,(H2,34,35,39);3-7,9H,8H2,1-2H3,(H,12,13);2*1H2/t34-,36-,57?;25-;9-,17?;;/m000../s1. The summed E-state index contributed by atoms with van der Waals surface area (Å²) in [4.78, 5) is 103. The molecule has 0 saturated carbocycles. The topological polar surface area (TPSA) is 345 Å². The van der Waals surface area contributed by atoms with Gasteiger partial charge in [-0.1, -0.05) is 177 Å². The van der Waals surface area contributed by atoms with Crippen LogP contribution in [0.4, 0.5) is 43.7 Å². The number of benzene rings is 6. The number of carbonyl (C=O) groups is 8. The summed E-state index contributed by atoms with van der Waals surface area (Å²) in [5, 5.41) is 20.6. The molecule has 6 aromatic carbocycles. The van der Waals surface area contributed by atoms with Crippen LogP contribution in [0.2, 0.25) is 0 Å². The number of anilines is 6. The van der Waals surface area contributed by atoms with Crippen molar-refractivity contribution in [2.75, 3.05) is 90.7 Å². The van der Waals surface area contributed by atoms with Gasteiger partial charge in [0.15, 0.2) is 11.9 Å². The number of carboxylic acids is 1. The Labute approximate surface area is 707 Å². The van der Waals surface area contributed by atoms with Crippen LogP contribution in [0.3, 0.4) is 0 Å². The van der Waals surface area contributed by atoms with Gasteiger partial charge in [0.2, 0.25) is 13.6 Å². The smallest absolute Gasteiger partial charge is 0.333 e. The van der Waals surface area contributed by atoms with Crippen LogP contribution in [0.1, 0.15) is 193 Å². The fraction of sp³-hybridized carbons (Fsp3) is 0.494. The lowest BCUT2D eigenvalue weighted by Crippen LogP contribution is -2.32. The molecule has 117 heavy (non-hydrogen) atoms. The minimum absolute atomic E-state index is 0. The maximum Gasteiger partial charge on any atom is 0.333 e. The number of hydrogen-bond donors (Lipinski definition) is 6. The molecule has 0 aliphatic rings. The zero-order valence-corrected chi connectivity index (χ0v) is 74.9. The third-order valence-electron chi connectivity index (χ3n) is 17.6. The van der Waals surface area contributed by atoms with Gasteiger partial charge in [0.1, 0.15) is 6.10 Å². The summed E-state index contributed by atoms with van der Waals surface area (Å²) in [6, 6.07) is 44.8. The Balaban J connectivity index is 0.000000671. The molecule has 6 atom stereocenters.